The first-order valence-corrected chi connectivity index (χ1v) is 13.2. The van der Waals surface area contributed by atoms with Gasteiger partial charge in [-0.3, -0.25) is 0 Å². The van der Waals surface area contributed by atoms with Crippen LogP contribution in [0.15, 0.2) is 72.8 Å². The van der Waals surface area contributed by atoms with Crippen LogP contribution in [0.25, 0.3) is 0 Å². The Morgan fingerprint density at radius 3 is 2.44 bits per heavy atom. The van der Waals surface area contributed by atoms with E-state index in [1.165, 1.54) is 23.1 Å². The van der Waals surface area contributed by atoms with Gasteiger partial charge in [-0.2, -0.15) is 13.2 Å². The van der Waals surface area contributed by atoms with Gasteiger partial charge in [-0.25, -0.2) is 0 Å². The van der Waals surface area contributed by atoms with Gasteiger partial charge in [0.1, 0.15) is 5.75 Å². The van der Waals surface area contributed by atoms with Crippen molar-refractivity contribution in [2.45, 2.75) is 43.0 Å². The molecule has 2 aliphatic heterocycles. The quantitative estimate of drug-likeness (QED) is 0.327. The molecule has 2 heterocycles. The van der Waals surface area contributed by atoms with E-state index in [2.05, 4.69) is 9.64 Å². The van der Waals surface area contributed by atoms with Crippen molar-refractivity contribution >= 4 is 11.4 Å². The minimum Gasteiger partial charge on any atom is -0.406 e. The number of halogens is 6. The molecular formula is C30H30F6N2O3. The Morgan fingerprint density at radius 1 is 0.976 bits per heavy atom. The summed E-state index contributed by atoms with van der Waals surface area (Å²) in [6.45, 7) is 0.853. The Balaban J connectivity index is 1.59. The van der Waals surface area contributed by atoms with E-state index in [1.54, 1.807) is 31.4 Å². The van der Waals surface area contributed by atoms with E-state index in [0.717, 1.165) is 29.8 Å². The summed E-state index contributed by atoms with van der Waals surface area (Å²) in [5.74, 6) is -0.378. The number of aliphatic hydroxyl groups excluding tert-OH is 1. The third kappa shape index (κ3) is 6.25. The second-order valence-electron chi connectivity index (χ2n) is 10.6. The molecule has 0 aliphatic carbocycles. The zero-order chi connectivity index (χ0) is 29.4. The molecule has 3 aromatic rings. The average Bonchev–Trinajstić information content (AvgIpc) is 3.52. The minimum absolute atomic E-state index is 0.0774. The van der Waals surface area contributed by atoms with Crippen LogP contribution in [0.5, 0.6) is 5.75 Å². The van der Waals surface area contributed by atoms with Gasteiger partial charge in [0.05, 0.1) is 12.6 Å². The zero-order valence-electron chi connectivity index (χ0n) is 22.3. The summed E-state index contributed by atoms with van der Waals surface area (Å²) < 4.78 is 88.8. The number of β-amino-alcohol motifs (C(OH)–C–C–N with tert-alkyl or cyclic N) is 1. The van der Waals surface area contributed by atoms with Crippen LogP contribution in [0, 0.1) is 0 Å². The van der Waals surface area contributed by atoms with E-state index in [9.17, 15) is 31.4 Å². The highest BCUT2D eigenvalue weighted by molar-refractivity contribution is 5.68. The molecule has 1 N–H and O–H groups in total. The van der Waals surface area contributed by atoms with Crippen LogP contribution < -0.4 is 14.5 Å². The Hall–Kier alpha value is -3.44. The Labute approximate surface area is 233 Å². The van der Waals surface area contributed by atoms with Gasteiger partial charge in [0.15, 0.2) is 6.10 Å². The Morgan fingerprint density at radius 2 is 1.73 bits per heavy atom. The van der Waals surface area contributed by atoms with Crippen molar-refractivity contribution in [2.75, 3.05) is 43.1 Å². The van der Waals surface area contributed by atoms with Crippen LogP contribution in [-0.4, -0.2) is 63.1 Å². The van der Waals surface area contributed by atoms with Gasteiger partial charge in [-0.15, -0.1) is 13.2 Å². The fourth-order valence-corrected chi connectivity index (χ4v) is 5.98. The largest absolute Gasteiger partial charge is 0.573 e. The van der Waals surface area contributed by atoms with Crippen molar-refractivity contribution in [2.24, 2.45) is 0 Å². The highest BCUT2D eigenvalue weighted by Crippen LogP contribution is 2.48. The molecule has 220 valence electrons. The Bertz CT molecular complexity index is 1360. The van der Waals surface area contributed by atoms with Crippen molar-refractivity contribution in [1.29, 1.82) is 0 Å². The van der Waals surface area contributed by atoms with Crippen molar-refractivity contribution in [1.82, 2.24) is 0 Å². The normalized spacial score (nSPS) is 21.7. The van der Waals surface area contributed by atoms with Gasteiger partial charge in [-0.1, -0.05) is 42.5 Å². The molecule has 0 aromatic heterocycles. The van der Waals surface area contributed by atoms with Crippen LogP contribution in [0.4, 0.5) is 37.7 Å². The fraction of sp³-hybridized carbons (Fsp3) is 0.400. The summed E-state index contributed by atoms with van der Waals surface area (Å²) in [5, 5.41) is 9.97. The topological polar surface area (TPSA) is 45.2 Å². The third-order valence-electron chi connectivity index (χ3n) is 7.87. The molecule has 1 fully saturated rings. The van der Waals surface area contributed by atoms with Crippen LogP contribution >= 0.6 is 0 Å². The zero-order valence-corrected chi connectivity index (χ0v) is 22.3. The SMILES string of the molecule is CO[C@H]1CCN(c2cccc(C3(Cc4cccc(OC(F)(F)F)c4)CN(C[C@@H](O)C(F)(F)F)c4ccccc43)c2)C1. The standard InChI is InChI=1S/C30H30F6N2O3/c1-40-24-12-13-37(17-24)22-8-5-7-21(15-22)28(16-20-6-4-9-23(14-20)41-30(34,35)36)19-38(18-27(39)29(31,32)33)26-11-3-2-10-25(26)28/h2-11,14-15,24,27,39H,12-13,16-19H2,1H3/t24-,27+,28?/m0/s1. The van der Waals surface area contributed by atoms with Gasteiger partial charge in [-0.05, 0) is 59.9 Å². The number of methoxy groups -OCH3 is 1. The summed E-state index contributed by atoms with van der Waals surface area (Å²) in [4.78, 5) is 3.68. The predicted octanol–water partition coefficient (Wildman–Crippen LogP) is 6.08. The lowest BCUT2D eigenvalue weighted by Gasteiger charge is -2.33. The number of anilines is 2. The number of rotatable bonds is 8. The second-order valence-corrected chi connectivity index (χ2v) is 10.6. The maximum atomic E-state index is 13.4. The molecule has 0 bridgehead atoms. The number of aliphatic hydroxyl groups is 1. The number of fused-ring (bicyclic) bond motifs is 1. The highest BCUT2D eigenvalue weighted by atomic mass is 19.4. The summed E-state index contributed by atoms with van der Waals surface area (Å²) in [6, 6.07) is 20.4. The molecule has 2 aliphatic rings. The molecule has 1 unspecified atom stereocenters. The molecule has 0 saturated carbocycles. The summed E-state index contributed by atoms with van der Waals surface area (Å²) in [7, 11) is 1.66. The number of benzene rings is 3. The maximum absolute atomic E-state index is 13.4. The number of alkyl halides is 6. The molecule has 0 amide bonds. The molecule has 3 aromatic carbocycles. The smallest absolute Gasteiger partial charge is 0.406 e. The van der Waals surface area contributed by atoms with Crippen molar-refractivity contribution in [3.8, 4) is 5.75 Å². The third-order valence-corrected chi connectivity index (χ3v) is 7.87. The lowest BCUT2D eigenvalue weighted by molar-refractivity contribution is -0.274. The van der Waals surface area contributed by atoms with E-state index >= 15 is 0 Å². The molecule has 1 saturated heterocycles. The van der Waals surface area contributed by atoms with Gasteiger partial charge < -0.3 is 24.4 Å². The van der Waals surface area contributed by atoms with Crippen LogP contribution in [0.3, 0.4) is 0 Å². The number of nitrogens with zero attached hydrogens (tertiary/aromatic N) is 2. The molecule has 11 heteroatoms. The number of para-hydroxylation sites is 1. The van der Waals surface area contributed by atoms with E-state index in [1.807, 2.05) is 30.3 Å². The van der Waals surface area contributed by atoms with Gasteiger partial charge in [0.25, 0.3) is 0 Å². The summed E-state index contributed by atoms with van der Waals surface area (Å²) >= 11 is 0. The van der Waals surface area contributed by atoms with Crippen LogP contribution in [0.1, 0.15) is 23.1 Å². The van der Waals surface area contributed by atoms with Crippen LogP contribution in [-0.2, 0) is 16.6 Å². The van der Waals surface area contributed by atoms with E-state index < -0.39 is 30.6 Å². The Kier molecular flexibility index (Phi) is 7.86. The van der Waals surface area contributed by atoms with Gasteiger partial charge in [0.2, 0.25) is 0 Å². The second kappa shape index (κ2) is 11.1. The van der Waals surface area contributed by atoms with E-state index in [-0.39, 0.29) is 24.8 Å². The maximum Gasteiger partial charge on any atom is 0.573 e. The molecule has 41 heavy (non-hydrogen) atoms. The lowest BCUT2D eigenvalue weighted by Crippen LogP contribution is -2.44. The summed E-state index contributed by atoms with van der Waals surface area (Å²) in [5.41, 5.74) is 2.56. The molecule has 3 atom stereocenters. The molecule has 5 rings (SSSR count). The van der Waals surface area contributed by atoms with Crippen molar-refractivity contribution in [3.05, 3.63) is 89.5 Å². The lowest BCUT2D eigenvalue weighted by atomic mass is 9.71. The summed E-state index contributed by atoms with van der Waals surface area (Å²) in [6.07, 6.45) is -11.1. The van der Waals surface area contributed by atoms with Gasteiger partial charge >= 0.3 is 12.5 Å². The van der Waals surface area contributed by atoms with E-state index in [4.69, 9.17) is 4.74 Å². The fourth-order valence-electron chi connectivity index (χ4n) is 5.98. The minimum atomic E-state index is -4.87. The first kappa shape index (κ1) is 29.1. The number of ether oxygens (including phenoxy) is 2. The first-order valence-electron chi connectivity index (χ1n) is 13.2. The van der Waals surface area contributed by atoms with Crippen LogP contribution in [0.2, 0.25) is 0 Å². The molecule has 0 radical (unpaired) electrons. The average molecular weight is 581 g/mol. The van der Waals surface area contributed by atoms with Gasteiger partial charge in [0, 0.05) is 43.5 Å². The predicted molar refractivity (Wildman–Crippen MR) is 142 cm³/mol. The van der Waals surface area contributed by atoms with E-state index in [0.29, 0.717) is 17.8 Å². The first-order chi connectivity index (χ1) is 19.4. The number of hydrogen-bond donors (Lipinski definition) is 1. The van der Waals surface area contributed by atoms with Crippen molar-refractivity contribution < 1.29 is 40.9 Å². The monoisotopic (exact) mass is 580 g/mol. The molecular weight excluding hydrogens is 550 g/mol. The molecule has 5 nitrogen and oxygen atoms in total. The highest BCUT2D eigenvalue weighted by Gasteiger charge is 2.47. The number of hydrogen-bond acceptors (Lipinski definition) is 5. The molecule has 0 spiro atoms. The van der Waals surface area contributed by atoms with Crippen molar-refractivity contribution in [3.63, 3.8) is 0 Å².